The lowest BCUT2D eigenvalue weighted by molar-refractivity contribution is 0.243. The number of methoxy groups -OCH3 is 1. The third-order valence-electron chi connectivity index (χ3n) is 3.47. The predicted octanol–water partition coefficient (Wildman–Crippen LogP) is 3.32. The van der Waals surface area contributed by atoms with Gasteiger partial charge in [0.05, 0.1) is 7.11 Å². The maximum atomic E-state index is 5.42. The van der Waals surface area contributed by atoms with Gasteiger partial charge in [-0.25, -0.2) is 0 Å². The number of rotatable bonds is 3. The summed E-state index contributed by atoms with van der Waals surface area (Å²) < 4.78 is 5.42. The predicted molar refractivity (Wildman–Crippen MR) is 75.1 cm³/mol. The fourth-order valence-corrected chi connectivity index (χ4v) is 3.41. The molecule has 0 fully saturated rings. The minimum absolute atomic E-state index is 0.972. The minimum Gasteiger partial charge on any atom is -0.496 e. The molecule has 2 nitrogen and oxygen atoms in total. The smallest absolute Gasteiger partial charge is 0.123 e. The van der Waals surface area contributed by atoms with Crippen LogP contribution >= 0.6 is 11.3 Å². The standard InChI is InChI=1S/C15H17NOS/c1-17-14-5-3-2-4-12(14)10-16-8-6-15-13(11-16)7-9-18-15/h2-5,7,9H,6,8,10-11H2,1H3. The molecule has 0 saturated carbocycles. The summed E-state index contributed by atoms with van der Waals surface area (Å²) in [7, 11) is 1.74. The molecule has 1 aliphatic rings. The SMILES string of the molecule is COc1ccccc1CN1CCc2sccc2C1. The second-order valence-corrected chi connectivity index (χ2v) is 5.64. The third kappa shape index (κ3) is 2.28. The first-order valence-corrected chi connectivity index (χ1v) is 7.14. The monoisotopic (exact) mass is 259 g/mol. The van der Waals surface area contributed by atoms with Crippen LogP contribution in [0.4, 0.5) is 0 Å². The molecular weight excluding hydrogens is 242 g/mol. The molecule has 0 radical (unpaired) electrons. The van der Waals surface area contributed by atoms with Crippen LogP contribution in [-0.2, 0) is 19.5 Å². The number of para-hydroxylation sites is 1. The molecule has 0 saturated heterocycles. The molecular formula is C15H17NOS. The Labute approximate surface area is 112 Å². The van der Waals surface area contributed by atoms with E-state index in [9.17, 15) is 0 Å². The number of ether oxygens (including phenoxy) is 1. The van der Waals surface area contributed by atoms with Gasteiger partial charge in [-0.05, 0) is 29.5 Å². The highest BCUT2D eigenvalue weighted by Crippen LogP contribution is 2.26. The van der Waals surface area contributed by atoms with E-state index >= 15 is 0 Å². The fraction of sp³-hybridized carbons (Fsp3) is 0.333. The molecule has 18 heavy (non-hydrogen) atoms. The van der Waals surface area contributed by atoms with Gasteiger partial charge in [-0.1, -0.05) is 18.2 Å². The molecule has 0 amide bonds. The van der Waals surface area contributed by atoms with Crippen LogP contribution in [0.2, 0.25) is 0 Å². The summed E-state index contributed by atoms with van der Waals surface area (Å²) in [6.45, 7) is 3.18. The van der Waals surface area contributed by atoms with E-state index in [0.717, 1.165) is 25.4 Å². The van der Waals surface area contributed by atoms with Gasteiger partial charge in [-0.2, -0.15) is 0 Å². The Kier molecular flexibility index (Phi) is 3.35. The van der Waals surface area contributed by atoms with E-state index in [4.69, 9.17) is 4.74 Å². The van der Waals surface area contributed by atoms with Gasteiger partial charge >= 0.3 is 0 Å². The summed E-state index contributed by atoms with van der Waals surface area (Å²) in [6.07, 6.45) is 1.18. The van der Waals surface area contributed by atoms with Crippen molar-refractivity contribution in [2.45, 2.75) is 19.5 Å². The van der Waals surface area contributed by atoms with Gasteiger partial charge in [0.2, 0.25) is 0 Å². The van der Waals surface area contributed by atoms with E-state index in [1.165, 1.54) is 17.5 Å². The zero-order valence-corrected chi connectivity index (χ0v) is 11.4. The van der Waals surface area contributed by atoms with E-state index in [2.05, 4.69) is 28.5 Å². The lowest BCUT2D eigenvalue weighted by atomic mass is 10.1. The quantitative estimate of drug-likeness (QED) is 0.838. The summed E-state index contributed by atoms with van der Waals surface area (Å²) in [5, 5.41) is 2.21. The molecule has 0 N–H and O–H groups in total. The summed E-state index contributed by atoms with van der Waals surface area (Å²) >= 11 is 1.89. The molecule has 2 aromatic rings. The molecule has 3 rings (SSSR count). The van der Waals surface area contributed by atoms with E-state index in [1.54, 1.807) is 12.0 Å². The van der Waals surface area contributed by atoms with Crippen molar-refractivity contribution >= 4 is 11.3 Å². The highest BCUT2D eigenvalue weighted by Gasteiger charge is 2.18. The third-order valence-corrected chi connectivity index (χ3v) is 4.50. The molecule has 1 aliphatic heterocycles. The van der Waals surface area contributed by atoms with Gasteiger partial charge < -0.3 is 4.74 Å². The number of hydrogen-bond acceptors (Lipinski definition) is 3. The summed E-state index contributed by atoms with van der Waals surface area (Å²) in [5.74, 6) is 0.994. The first-order chi connectivity index (χ1) is 8.86. The average Bonchev–Trinajstić information content (AvgIpc) is 2.87. The van der Waals surface area contributed by atoms with E-state index in [1.807, 2.05) is 23.5 Å². The Morgan fingerprint density at radius 2 is 2.17 bits per heavy atom. The van der Waals surface area contributed by atoms with E-state index in [0.29, 0.717) is 0 Å². The zero-order chi connectivity index (χ0) is 12.4. The van der Waals surface area contributed by atoms with Crippen LogP contribution < -0.4 is 4.74 Å². The number of thiophene rings is 1. The minimum atomic E-state index is 0.972. The van der Waals surface area contributed by atoms with Gasteiger partial charge in [0, 0.05) is 30.1 Å². The van der Waals surface area contributed by atoms with Crippen molar-refractivity contribution < 1.29 is 4.74 Å². The first-order valence-electron chi connectivity index (χ1n) is 6.26. The maximum absolute atomic E-state index is 5.42. The van der Waals surface area contributed by atoms with Crippen molar-refractivity contribution in [2.75, 3.05) is 13.7 Å². The Morgan fingerprint density at radius 1 is 1.28 bits per heavy atom. The fourth-order valence-electron chi connectivity index (χ4n) is 2.52. The first kappa shape index (κ1) is 11.8. The number of nitrogens with zero attached hydrogens (tertiary/aromatic N) is 1. The molecule has 0 atom stereocenters. The number of benzene rings is 1. The highest BCUT2D eigenvalue weighted by molar-refractivity contribution is 7.10. The average molecular weight is 259 g/mol. The van der Waals surface area contributed by atoms with Crippen molar-refractivity contribution in [2.24, 2.45) is 0 Å². The van der Waals surface area contributed by atoms with Crippen LogP contribution in [0.25, 0.3) is 0 Å². The molecule has 0 spiro atoms. The molecule has 0 aliphatic carbocycles. The second-order valence-electron chi connectivity index (χ2n) is 4.64. The van der Waals surface area contributed by atoms with Crippen LogP contribution in [0.5, 0.6) is 5.75 Å². The van der Waals surface area contributed by atoms with Crippen LogP contribution in [0, 0.1) is 0 Å². The van der Waals surface area contributed by atoms with Gasteiger partial charge in [0.15, 0.2) is 0 Å². The lowest BCUT2D eigenvalue weighted by Crippen LogP contribution is -2.29. The zero-order valence-electron chi connectivity index (χ0n) is 10.6. The van der Waals surface area contributed by atoms with Crippen LogP contribution in [0.1, 0.15) is 16.0 Å². The van der Waals surface area contributed by atoms with Crippen molar-refractivity contribution in [3.63, 3.8) is 0 Å². The molecule has 0 bridgehead atoms. The summed E-state index contributed by atoms with van der Waals surface area (Å²) in [4.78, 5) is 4.05. The summed E-state index contributed by atoms with van der Waals surface area (Å²) in [6, 6.07) is 10.6. The lowest BCUT2D eigenvalue weighted by Gasteiger charge is -2.27. The summed E-state index contributed by atoms with van der Waals surface area (Å²) in [5.41, 5.74) is 2.78. The normalized spacial score (nSPS) is 15.4. The van der Waals surface area contributed by atoms with Gasteiger partial charge in [-0.3, -0.25) is 4.90 Å². The molecule has 0 unspecified atom stereocenters. The number of hydrogen-bond donors (Lipinski definition) is 0. The Balaban J connectivity index is 1.74. The van der Waals surface area contributed by atoms with Crippen molar-refractivity contribution in [1.29, 1.82) is 0 Å². The van der Waals surface area contributed by atoms with Gasteiger partial charge in [0.25, 0.3) is 0 Å². The number of fused-ring (bicyclic) bond motifs is 1. The van der Waals surface area contributed by atoms with Crippen LogP contribution in [0.3, 0.4) is 0 Å². The molecule has 2 heterocycles. The van der Waals surface area contributed by atoms with E-state index in [-0.39, 0.29) is 0 Å². The van der Waals surface area contributed by atoms with Crippen molar-refractivity contribution in [3.8, 4) is 5.75 Å². The molecule has 94 valence electrons. The largest absolute Gasteiger partial charge is 0.496 e. The Bertz CT molecular complexity index is 535. The second kappa shape index (κ2) is 5.12. The van der Waals surface area contributed by atoms with Crippen LogP contribution in [-0.4, -0.2) is 18.6 Å². The van der Waals surface area contributed by atoms with E-state index < -0.39 is 0 Å². The van der Waals surface area contributed by atoms with Gasteiger partial charge in [0.1, 0.15) is 5.75 Å². The Hall–Kier alpha value is -1.32. The maximum Gasteiger partial charge on any atom is 0.123 e. The van der Waals surface area contributed by atoms with Gasteiger partial charge in [-0.15, -0.1) is 11.3 Å². The van der Waals surface area contributed by atoms with Crippen molar-refractivity contribution in [3.05, 3.63) is 51.7 Å². The Morgan fingerprint density at radius 3 is 3.06 bits per heavy atom. The van der Waals surface area contributed by atoms with Crippen molar-refractivity contribution in [1.82, 2.24) is 4.90 Å². The molecule has 1 aromatic heterocycles. The van der Waals surface area contributed by atoms with Crippen LogP contribution in [0.15, 0.2) is 35.7 Å². The highest BCUT2D eigenvalue weighted by atomic mass is 32.1. The molecule has 1 aromatic carbocycles. The molecule has 3 heteroatoms. The topological polar surface area (TPSA) is 12.5 Å².